The van der Waals surface area contributed by atoms with E-state index in [1.54, 1.807) is 0 Å². The molecular formula is C18H28O7. The topological polar surface area (TPSA) is 83.5 Å². The molecule has 0 aromatic carbocycles. The fourth-order valence-electron chi connectivity index (χ4n) is 4.72. The number of aliphatic hydroxyl groups excluding tert-OH is 1. The van der Waals surface area contributed by atoms with Crippen molar-refractivity contribution in [2.45, 2.75) is 93.8 Å². The van der Waals surface area contributed by atoms with Crippen molar-refractivity contribution in [2.75, 3.05) is 13.7 Å². The first-order valence-corrected chi connectivity index (χ1v) is 9.48. The van der Waals surface area contributed by atoms with Crippen molar-refractivity contribution >= 4 is 5.97 Å². The van der Waals surface area contributed by atoms with E-state index in [9.17, 15) is 9.90 Å². The summed E-state index contributed by atoms with van der Waals surface area (Å²) in [6.45, 7) is -0.0879. The van der Waals surface area contributed by atoms with Gasteiger partial charge in [0.1, 0.15) is 24.4 Å². The van der Waals surface area contributed by atoms with Gasteiger partial charge in [-0.1, -0.05) is 6.42 Å². The van der Waals surface area contributed by atoms with E-state index >= 15 is 0 Å². The summed E-state index contributed by atoms with van der Waals surface area (Å²) < 4.78 is 29.7. The third kappa shape index (κ3) is 3.32. The molecule has 3 heterocycles. The van der Waals surface area contributed by atoms with Crippen LogP contribution >= 0.6 is 0 Å². The minimum atomic E-state index is -0.558. The summed E-state index contributed by atoms with van der Waals surface area (Å²) in [4.78, 5) is 11.6. The Balaban J connectivity index is 1.50. The summed E-state index contributed by atoms with van der Waals surface area (Å²) in [7, 11) is 1.39. The van der Waals surface area contributed by atoms with Crippen LogP contribution in [0.5, 0.6) is 0 Å². The van der Waals surface area contributed by atoms with Gasteiger partial charge < -0.3 is 28.8 Å². The first-order chi connectivity index (χ1) is 12.1. The van der Waals surface area contributed by atoms with Gasteiger partial charge in [0, 0.05) is 12.8 Å². The van der Waals surface area contributed by atoms with E-state index in [4.69, 9.17) is 23.7 Å². The molecule has 4 fully saturated rings. The normalized spacial score (nSPS) is 42.6. The van der Waals surface area contributed by atoms with Gasteiger partial charge in [0.05, 0.1) is 32.3 Å². The van der Waals surface area contributed by atoms with Crippen LogP contribution in [0.2, 0.25) is 0 Å². The summed E-state index contributed by atoms with van der Waals surface area (Å²) in [5.74, 6) is -0.824. The Morgan fingerprint density at radius 3 is 2.56 bits per heavy atom. The number of ether oxygens (including phenoxy) is 5. The van der Waals surface area contributed by atoms with Crippen LogP contribution in [-0.2, 0) is 28.5 Å². The summed E-state index contributed by atoms with van der Waals surface area (Å²) in [6.07, 6.45) is 5.35. The Labute approximate surface area is 147 Å². The third-order valence-corrected chi connectivity index (χ3v) is 5.97. The van der Waals surface area contributed by atoms with E-state index in [2.05, 4.69) is 0 Å². The molecule has 0 radical (unpaired) electrons. The molecule has 0 aromatic heterocycles. The van der Waals surface area contributed by atoms with Crippen molar-refractivity contribution in [3.63, 3.8) is 0 Å². The molecule has 0 unspecified atom stereocenters. The minimum absolute atomic E-state index is 0.0879. The van der Waals surface area contributed by atoms with Crippen LogP contribution < -0.4 is 0 Å². The number of hydrogen-bond donors (Lipinski definition) is 1. The van der Waals surface area contributed by atoms with Gasteiger partial charge in [-0.05, 0) is 25.7 Å². The number of carbonyl (C=O) groups excluding carboxylic acids is 1. The molecule has 0 amide bonds. The van der Waals surface area contributed by atoms with Crippen LogP contribution in [0.1, 0.15) is 51.4 Å². The SMILES string of the molecule is COC(=O)C[C@H]1CC[C@@H]2O[C@@H](CO)[C@H]3OC4(CCCCC4)O[C@H]3[C@H]2O1. The Kier molecular flexibility index (Phi) is 5.03. The predicted octanol–water partition coefficient (Wildman–Crippen LogP) is 1.30. The molecule has 1 saturated carbocycles. The monoisotopic (exact) mass is 356 g/mol. The Morgan fingerprint density at radius 2 is 1.84 bits per heavy atom. The van der Waals surface area contributed by atoms with Gasteiger partial charge in [0.2, 0.25) is 0 Å². The first-order valence-electron chi connectivity index (χ1n) is 9.48. The molecule has 1 spiro atoms. The van der Waals surface area contributed by atoms with Crippen LogP contribution in [-0.4, -0.2) is 67.2 Å². The molecule has 7 nitrogen and oxygen atoms in total. The lowest BCUT2D eigenvalue weighted by atomic mass is 9.89. The zero-order chi connectivity index (χ0) is 17.4. The van der Waals surface area contributed by atoms with E-state index < -0.39 is 5.79 Å². The fraction of sp³-hybridized carbons (Fsp3) is 0.944. The summed E-state index contributed by atoms with van der Waals surface area (Å²) in [6, 6.07) is 0. The van der Waals surface area contributed by atoms with Gasteiger partial charge in [0.15, 0.2) is 5.79 Å². The lowest BCUT2D eigenvalue weighted by Gasteiger charge is -2.46. The predicted molar refractivity (Wildman–Crippen MR) is 85.8 cm³/mol. The average Bonchev–Trinajstić information content (AvgIpc) is 3.00. The van der Waals surface area contributed by atoms with Crippen molar-refractivity contribution in [3.8, 4) is 0 Å². The highest BCUT2D eigenvalue weighted by molar-refractivity contribution is 5.69. The quantitative estimate of drug-likeness (QED) is 0.763. The standard InChI is InChI=1S/C18H28O7/c1-21-14(20)9-11-5-6-12-15(22-11)17-16(13(10-19)23-12)24-18(25-17)7-3-2-4-8-18/h11-13,15-17,19H,2-10H2,1H3/t11-,12+,13+,15+,16-,17+/m1/s1. The molecular weight excluding hydrogens is 328 g/mol. The highest BCUT2D eigenvalue weighted by atomic mass is 16.8. The van der Waals surface area contributed by atoms with Crippen molar-refractivity contribution in [2.24, 2.45) is 0 Å². The second-order valence-corrected chi connectivity index (χ2v) is 7.61. The lowest BCUT2D eigenvalue weighted by molar-refractivity contribution is -0.244. The van der Waals surface area contributed by atoms with Crippen molar-refractivity contribution in [1.82, 2.24) is 0 Å². The molecule has 0 bridgehead atoms. The number of esters is 1. The van der Waals surface area contributed by atoms with Crippen LogP contribution in [0, 0.1) is 0 Å². The highest BCUT2D eigenvalue weighted by Crippen LogP contribution is 2.47. The van der Waals surface area contributed by atoms with Crippen LogP contribution in [0.15, 0.2) is 0 Å². The molecule has 4 rings (SSSR count). The fourth-order valence-corrected chi connectivity index (χ4v) is 4.72. The van der Waals surface area contributed by atoms with Gasteiger partial charge >= 0.3 is 5.97 Å². The molecule has 142 valence electrons. The van der Waals surface area contributed by atoms with Gasteiger partial charge in [-0.15, -0.1) is 0 Å². The first kappa shape index (κ1) is 17.7. The van der Waals surface area contributed by atoms with Crippen molar-refractivity contribution in [3.05, 3.63) is 0 Å². The van der Waals surface area contributed by atoms with Crippen LogP contribution in [0.3, 0.4) is 0 Å². The number of aliphatic hydroxyl groups is 1. The Bertz CT molecular complexity index is 490. The summed E-state index contributed by atoms with van der Waals surface area (Å²) >= 11 is 0. The molecule has 3 saturated heterocycles. The maximum absolute atomic E-state index is 11.6. The molecule has 7 heteroatoms. The van der Waals surface area contributed by atoms with E-state index in [1.165, 1.54) is 13.5 Å². The van der Waals surface area contributed by atoms with Crippen molar-refractivity contribution in [1.29, 1.82) is 0 Å². The van der Waals surface area contributed by atoms with E-state index in [0.717, 1.165) is 38.5 Å². The van der Waals surface area contributed by atoms with Gasteiger partial charge in [-0.3, -0.25) is 4.79 Å². The Hall–Kier alpha value is -0.730. The van der Waals surface area contributed by atoms with E-state index in [1.807, 2.05) is 0 Å². The molecule has 3 aliphatic heterocycles. The second kappa shape index (κ2) is 7.12. The molecule has 1 N–H and O–H groups in total. The number of carbonyl (C=O) groups is 1. The number of fused-ring (bicyclic) bond motifs is 3. The van der Waals surface area contributed by atoms with Crippen LogP contribution in [0.4, 0.5) is 0 Å². The Morgan fingerprint density at radius 1 is 1.08 bits per heavy atom. The third-order valence-electron chi connectivity index (χ3n) is 5.97. The largest absolute Gasteiger partial charge is 0.469 e. The molecule has 1 aliphatic carbocycles. The molecule has 0 aromatic rings. The van der Waals surface area contributed by atoms with Gasteiger partial charge in [-0.25, -0.2) is 0 Å². The summed E-state index contributed by atoms with van der Waals surface area (Å²) in [5, 5.41) is 9.76. The average molecular weight is 356 g/mol. The molecule has 6 atom stereocenters. The molecule has 25 heavy (non-hydrogen) atoms. The van der Waals surface area contributed by atoms with Gasteiger partial charge in [0.25, 0.3) is 0 Å². The number of hydrogen-bond acceptors (Lipinski definition) is 7. The van der Waals surface area contributed by atoms with Crippen LogP contribution in [0.25, 0.3) is 0 Å². The lowest BCUT2D eigenvalue weighted by Crippen LogP contribution is -2.60. The zero-order valence-corrected chi connectivity index (χ0v) is 14.7. The van der Waals surface area contributed by atoms with Crippen molar-refractivity contribution < 1.29 is 33.6 Å². The minimum Gasteiger partial charge on any atom is -0.469 e. The zero-order valence-electron chi connectivity index (χ0n) is 14.7. The highest BCUT2D eigenvalue weighted by Gasteiger charge is 2.59. The number of methoxy groups -OCH3 is 1. The smallest absolute Gasteiger partial charge is 0.308 e. The maximum Gasteiger partial charge on any atom is 0.308 e. The second-order valence-electron chi connectivity index (χ2n) is 7.61. The maximum atomic E-state index is 11.6. The molecule has 4 aliphatic rings. The summed E-state index contributed by atoms with van der Waals surface area (Å²) in [5.41, 5.74) is 0. The van der Waals surface area contributed by atoms with E-state index in [-0.39, 0.29) is 55.6 Å². The number of rotatable bonds is 3. The van der Waals surface area contributed by atoms with Gasteiger partial charge in [-0.2, -0.15) is 0 Å². The van der Waals surface area contributed by atoms with E-state index in [0.29, 0.717) is 0 Å².